The third-order valence-electron chi connectivity index (χ3n) is 5.63. The molecule has 1 unspecified atom stereocenters. The van der Waals surface area contributed by atoms with Crippen LogP contribution in [0.4, 0.5) is 8.78 Å². The molecule has 2 aromatic heterocycles. The van der Waals surface area contributed by atoms with E-state index in [1.807, 2.05) is 6.92 Å². The van der Waals surface area contributed by atoms with E-state index in [2.05, 4.69) is 10.9 Å². The molecule has 0 aliphatic heterocycles. The number of halogens is 2. The van der Waals surface area contributed by atoms with Crippen LogP contribution in [0.25, 0.3) is 10.2 Å². The molecule has 0 amide bonds. The number of rotatable bonds is 6. The molecule has 0 saturated heterocycles. The van der Waals surface area contributed by atoms with Gasteiger partial charge in [-0.3, -0.25) is 24.8 Å². The van der Waals surface area contributed by atoms with Gasteiger partial charge in [-0.25, -0.2) is 13.6 Å². The van der Waals surface area contributed by atoms with Gasteiger partial charge in [0.1, 0.15) is 4.83 Å². The summed E-state index contributed by atoms with van der Waals surface area (Å²) in [5.41, 5.74) is 6.15. The fourth-order valence-corrected chi connectivity index (χ4v) is 5.26. The van der Waals surface area contributed by atoms with Crippen molar-refractivity contribution in [1.29, 1.82) is 0 Å². The number of aromatic nitrogens is 2. The van der Waals surface area contributed by atoms with Crippen molar-refractivity contribution >= 4 is 21.6 Å². The molecular weight excluding hydrogens is 374 g/mol. The van der Waals surface area contributed by atoms with E-state index in [9.17, 15) is 18.4 Å². The van der Waals surface area contributed by atoms with Crippen molar-refractivity contribution in [2.24, 2.45) is 5.92 Å². The van der Waals surface area contributed by atoms with E-state index < -0.39 is 5.92 Å². The molecule has 2 heterocycles. The minimum atomic E-state index is -2.65. The monoisotopic (exact) mass is 398 g/mol. The minimum absolute atomic E-state index is 0.0520. The van der Waals surface area contributed by atoms with Gasteiger partial charge >= 0.3 is 5.69 Å². The molecule has 2 aliphatic rings. The fourth-order valence-electron chi connectivity index (χ4n) is 4.02. The minimum Gasteiger partial charge on any atom is -0.284 e. The summed E-state index contributed by atoms with van der Waals surface area (Å²) in [6.45, 7) is 2.67. The molecule has 148 valence electrons. The van der Waals surface area contributed by atoms with Gasteiger partial charge in [0, 0.05) is 36.9 Å². The first-order valence-electron chi connectivity index (χ1n) is 9.37. The van der Waals surface area contributed by atoms with Crippen LogP contribution in [0.15, 0.2) is 9.59 Å². The molecule has 2 fully saturated rings. The van der Waals surface area contributed by atoms with Gasteiger partial charge in [0.05, 0.1) is 5.39 Å². The summed E-state index contributed by atoms with van der Waals surface area (Å²) >= 11 is 1.40. The van der Waals surface area contributed by atoms with Crippen molar-refractivity contribution in [3.8, 4) is 0 Å². The molecule has 0 bridgehead atoms. The molecule has 6 nitrogen and oxygen atoms in total. The first kappa shape index (κ1) is 18.8. The number of hydrazine groups is 1. The van der Waals surface area contributed by atoms with Crippen LogP contribution in [0.1, 0.15) is 48.6 Å². The third kappa shape index (κ3) is 3.36. The Bertz CT molecular complexity index is 990. The van der Waals surface area contributed by atoms with E-state index in [0.717, 1.165) is 23.3 Å². The summed E-state index contributed by atoms with van der Waals surface area (Å²) in [6, 6.07) is -0.0520. The number of nitrogens with zero attached hydrogens (tertiary/aromatic N) is 2. The second kappa shape index (κ2) is 6.79. The van der Waals surface area contributed by atoms with Gasteiger partial charge in [-0.1, -0.05) is 0 Å². The normalized spacial score (nSPS) is 22.0. The van der Waals surface area contributed by atoms with Gasteiger partial charge < -0.3 is 0 Å². The Hall–Kier alpha value is -1.58. The maximum Gasteiger partial charge on any atom is 0.332 e. The van der Waals surface area contributed by atoms with Gasteiger partial charge in [-0.2, -0.15) is 0 Å². The van der Waals surface area contributed by atoms with E-state index >= 15 is 0 Å². The van der Waals surface area contributed by atoms with Crippen LogP contribution >= 0.6 is 11.3 Å². The average molecular weight is 398 g/mol. The number of fused-ring (bicyclic) bond motifs is 1. The van der Waals surface area contributed by atoms with Gasteiger partial charge in [0.25, 0.3) is 5.56 Å². The lowest BCUT2D eigenvalue weighted by atomic mass is 10.1. The Kier molecular flexibility index (Phi) is 4.72. The molecule has 9 heteroatoms. The first-order valence-corrected chi connectivity index (χ1v) is 10.2. The Labute approximate surface area is 159 Å². The lowest BCUT2D eigenvalue weighted by molar-refractivity contribution is 0.00434. The highest BCUT2D eigenvalue weighted by molar-refractivity contribution is 7.18. The molecule has 4 rings (SSSR count). The molecule has 0 radical (unpaired) electrons. The van der Waals surface area contributed by atoms with Crippen molar-refractivity contribution in [3.05, 3.63) is 31.3 Å². The molecule has 0 spiro atoms. The number of alkyl halides is 2. The van der Waals surface area contributed by atoms with Gasteiger partial charge in [0.15, 0.2) is 0 Å². The molecule has 2 N–H and O–H groups in total. The molecule has 2 aliphatic carbocycles. The summed E-state index contributed by atoms with van der Waals surface area (Å²) in [5, 5.41) is 0.559. The molecule has 2 saturated carbocycles. The van der Waals surface area contributed by atoms with Crippen LogP contribution in [0.2, 0.25) is 0 Å². The van der Waals surface area contributed by atoms with E-state index in [1.165, 1.54) is 15.9 Å². The number of aryl methyl sites for hydroxylation is 1. The summed E-state index contributed by atoms with van der Waals surface area (Å²) < 4.78 is 30.2. The van der Waals surface area contributed by atoms with Crippen LogP contribution < -0.4 is 22.1 Å². The van der Waals surface area contributed by atoms with Crippen molar-refractivity contribution in [2.45, 2.75) is 64.1 Å². The van der Waals surface area contributed by atoms with Gasteiger partial charge in [0.2, 0.25) is 5.92 Å². The van der Waals surface area contributed by atoms with E-state index in [-0.39, 0.29) is 42.6 Å². The smallest absolute Gasteiger partial charge is 0.284 e. The molecule has 0 aromatic carbocycles. The van der Waals surface area contributed by atoms with Crippen molar-refractivity contribution in [3.63, 3.8) is 0 Å². The lowest BCUT2D eigenvalue weighted by Crippen LogP contribution is -2.40. The quantitative estimate of drug-likeness (QED) is 0.734. The predicted molar refractivity (Wildman–Crippen MR) is 102 cm³/mol. The highest BCUT2D eigenvalue weighted by atomic mass is 32.1. The first-order chi connectivity index (χ1) is 12.8. The van der Waals surface area contributed by atoms with E-state index in [1.54, 1.807) is 11.6 Å². The second-order valence-electron chi connectivity index (χ2n) is 7.70. The standard InChI is InChI=1S/C18H24F2N4O2S/c1-10-13(8-22-21-2)27-16-14(10)15(25)24(12-3-4-12)17(26)23(16)9-11-5-6-18(19,20)7-11/h11-12,21-22H,3-9H2,1-2H3. The van der Waals surface area contributed by atoms with E-state index in [0.29, 0.717) is 23.2 Å². The lowest BCUT2D eigenvalue weighted by Gasteiger charge is -2.15. The van der Waals surface area contributed by atoms with Crippen molar-refractivity contribution in [1.82, 2.24) is 20.0 Å². The predicted octanol–water partition coefficient (Wildman–Crippen LogP) is 2.53. The topological polar surface area (TPSA) is 68.1 Å². The number of thiophene rings is 1. The maximum atomic E-state index is 13.6. The summed E-state index contributed by atoms with van der Waals surface area (Å²) in [6.07, 6.45) is 1.72. The SMILES string of the molecule is CNNCc1sc2c(c1C)c(=O)n(C1CC1)c(=O)n2CC1CCC(F)(F)C1. The molecule has 1 atom stereocenters. The number of hydrogen-bond acceptors (Lipinski definition) is 5. The summed E-state index contributed by atoms with van der Waals surface area (Å²) in [7, 11) is 1.76. The molecule has 27 heavy (non-hydrogen) atoms. The maximum absolute atomic E-state index is 13.6. The van der Waals surface area contributed by atoms with Crippen molar-refractivity contribution < 1.29 is 8.78 Å². The number of nitrogens with one attached hydrogen (secondary N) is 2. The Morgan fingerprint density at radius 1 is 1.26 bits per heavy atom. The highest BCUT2D eigenvalue weighted by Gasteiger charge is 2.40. The Balaban J connectivity index is 1.85. The van der Waals surface area contributed by atoms with Crippen LogP contribution in [-0.2, 0) is 13.1 Å². The van der Waals surface area contributed by atoms with Gasteiger partial charge in [-0.05, 0) is 44.7 Å². The van der Waals surface area contributed by atoms with Crippen LogP contribution in [0.3, 0.4) is 0 Å². The Morgan fingerprint density at radius 2 is 2.00 bits per heavy atom. The average Bonchev–Trinajstić information content (AvgIpc) is 3.29. The van der Waals surface area contributed by atoms with Crippen LogP contribution in [0, 0.1) is 12.8 Å². The van der Waals surface area contributed by atoms with Crippen LogP contribution in [0.5, 0.6) is 0 Å². The largest absolute Gasteiger partial charge is 0.332 e. The fraction of sp³-hybridized carbons (Fsp3) is 0.667. The number of hydrogen-bond donors (Lipinski definition) is 2. The second-order valence-corrected chi connectivity index (χ2v) is 8.78. The third-order valence-corrected chi connectivity index (χ3v) is 6.94. The molecule has 2 aromatic rings. The van der Waals surface area contributed by atoms with Crippen molar-refractivity contribution in [2.75, 3.05) is 7.05 Å². The zero-order valence-corrected chi connectivity index (χ0v) is 16.3. The zero-order valence-electron chi connectivity index (χ0n) is 15.5. The molecular formula is C18H24F2N4O2S. The van der Waals surface area contributed by atoms with Crippen LogP contribution in [-0.4, -0.2) is 22.1 Å². The Morgan fingerprint density at radius 3 is 2.59 bits per heavy atom. The summed E-state index contributed by atoms with van der Waals surface area (Å²) in [4.78, 5) is 27.7. The van der Waals surface area contributed by atoms with Gasteiger partial charge in [-0.15, -0.1) is 11.3 Å². The van der Waals surface area contributed by atoms with E-state index in [4.69, 9.17) is 0 Å². The highest BCUT2D eigenvalue weighted by Crippen LogP contribution is 2.40. The zero-order chi connectivity index (χ0) is 19.3. The summed E-state index contributed by atoms with van der Waals surface area (Å²) in [5.74, 6) is -2.89.